The molecule has 0 unspecified atom stereocenters. The van der Waals surface area contributed by atoms with Gasteiger partial charge in [0, 0.05) is 6.42 Å². The molecule has 0 aliphatic rings. The summed E-state index contributed by atoms with van der Waals surface area (Å²) in [6.45, 7) is 11.6. The minimum absolute atomic E-state index is 0.165. The number of rotatable bonds is 4. The molecule has 0 fully saturated rings. The highest BCUT2D eigenvalue weighted by Gasteiger charge is 2.04. The molecule has 0 spiro atoms. The predicted octanol–water partition coefficient (Wildman–Crippen LogP) is 3.67. The van der Waals surface area contributed by atoms with Crippen molar-refractivity contribution in [2.24, 2.45) is 5.41 Å². The van der Waals surface area contributed by atoms with Crippen LogP contribution in [0.5, 0.6) is 0 Å². The van der Waals surface area contributed by atoms with Crippen molar-refractivity contribution in [2.75, 3.05) is 0 Å². The highest BCUT2D eigenvalue weighted by Crippen LogP contribution is 2.17. The standard InChI is InChI=1S/C13H20O/c1-6-12(8-7-11(2)14)9-10-13(3,4)5/h9-10H,1,7-8H2,2-5H3/b10-9-. The average molecular weight is 192 g/mol. The Balaban J connectivity index is 4.26. The first-order valence-electron chi connectivity index (χ1n) is 4.93. The van der Waals surface area contributed by atoms with E-state index in [9.17, 15) is 4.79 Å². The van der Waals surface area contributed by atoms with Gasteiger partial charge in [0.15, 0.2) is 0 Å². The molecule has 0 N–H and O–H groups in total. The van der Waals surface area contributed by atoms with E-state index in [4.69, 9.17) is 0 Å². The number of carbonyl (C=O) groups excluding carboxylic acids is 1. The van der Waals surface area contributed by atoms with Gasteiger partial charge in [-0.2, -0.15) is 0 Å². The molecule has 0 aromatic heterocycles. The number of ketones is 1. The summed E-state index contributed by atoms with van der Waals surface area (Å²) in [6.07, 6.45) is 5.44. The van der Waals surface area contributed by atoms with Gasteiger partial charge >= 0.3 is 0 Å². The summed E-state index contributed by atoms with van der Waals surface area (Å²) in [5.41, 5.74) is 4.03. The Morgan fingerprint density at radius 1 is 1.36 bits per heavy atom. The Morgan fingerprint density at radius 2 is 1.93 bits per heavy atom. The first kappa shape index (κ1) is 12.9. The number of hydrogen-bond acceptors (Lipinski definition) is 1. The quantitative estimate of drug-likeness (QED) is 0.490. The molecule has 0 rings (SSSR count). The Morgan fingerprint density at radius 3 is 2.29 bits per heavy atom. The maximum absolute atomic E-state index is 10.8. The third kappa shape index (κ3) is 7.57. The van der Waals surface area contributed by atoms with E-state index in [0.717, 1.165) is 12.0 Å². The third-order valence-electron chi connectivity index (χ3n) is 1.76. The number of carbonyl (C=O) groups is 1. The van der Waals surface area contributed by atoms with E-state index in [1.807, 2.05) is 6.08 Å². The lowest BCUT2D eigenvalue weighted by molar-refractivity contribution is -0.116. The zero-order chi connectivity index (χ0) is 11.2. The topological polar surface area (TPSA) is 17.1 Å². The fraction of sp³-hybridized carbons (Fsp3) is 0.538. The fourth-order valence-electron chi connectivity index (χ4n) is 0.892. The van der Waals surface area contributed by atoms with Gasteiger partial charge in [-0.05, 0) is 24.3 Å². The van der Waals surface area contributed by atoms with E-state index in [0.29, 0.717) is 6.42 Å². The second kappa shape index (κ2) is 5.62. The smallest absolute Gasteiger partial charge is 0.130 e. The van der Waals surface area contributed by atoms with Gasteiger partial charge in [0.1, 0.15) is 5.78 Å². The molecule has 0 aromatic rings. The molecule has 0 aromatic carbocycles. The minimum Gasteiger partial charge on any atom is -0.300 e. The summed E-state index contributed by atoms with van der Waals surface area (Å²) < 4.78 is 0. The van der Waals surface area contributed by atoms with Crippen LogP contribution in [0.3, 0.4) is 0 Å². The van der Waals surface area contributed by atoms with Gasteiger partial charge in [-0.3, -0.25) is 0 Å². The van der Waals surface area contributed by atoms with E-state index >= 15 is 0 Å². The van der Waals surface area contributed by atoms with Crippen molar-refractivity contribution in [1.82, 2.24) is 0 Å². The second-order valence-corrected chi connectivity index (χ2v) is 4.60. The van der Waals surface area contributed by atoms with Crippen molar-refractivity contribution in [3.8, 4) is 0 Å². The maximum Gasteiger partial charge on any atom is 0.130 e. The van der Waals surface area contributed by atoms with Crippen LogP contribution in [0.4, 0.5) is 0 Å². The molecule has 0 aliphatic carbocycles. The SMILES string of the molecule is C=C=C(/C=C\C(C)(C)C)CCC(C)=O. The summed E-state index contributed by atoms with van der Waals surface area (Å²) in [6, 6.07) is 0. The van der Waals surface area contributed by atoms with Gasteiger partial charge in [0.2, 0.25) is 0 Å². The first-order valence-corrected chi connectivity index (χ1v) is 4.93. The summed E-state index contributed by atoms with van der Waals surface area (Å²) >= 11 is 0. The zero-order valence-electron chi connectivity index (χ0n) is 9.68. The monoisotopic (exact) mass is 192 g/mol. The van der Waals surface area contributed by atoms with Crippen LogP contribution in [0.1, 0.15) is 40.5 Å². The highest BCUT2D eigenvalue weighted by atomic mass is 16.1. The highest BCUT2D eigenvalue weighted by molar-refractivity contribution is 5.75. The molecule has 0 saturated carbocycles. The van der Waals surface area contributed by atoms with Gasteiger partial charge in [-0.15, -0.1) is 5.73 Å². The molecule has 0 heterocycles. The molecule has 0 amide bonds. The van der Waals surface area contributed by atoms with Gasteiger partial charge in [-0.1, -0.05) is 39.5 Å². The fourth-order valence-corrected chi connectivity index (χ4v) is 0.892. The summed E-state index contributed by atoms with van der Waals surface area (Å²) in [4.78, 5) is 10.8. The van der Waals surface area contributed by atoms with Crippen LogP contribution >= 0.6 is 0 Å². The molecule has 14 heavy (non-hydrogen) atoms. The number of Topliss-reactive ketones (excluding diaryl/α,β-unsaturated/α-hetero) is 1. The molecule has 1 heteroatoms. The van der Waals surface area contributed by atoms with Crippen molar-refractivity contribution in [1.29, 1.82) is 0 Å². The van der Waals surface area contributed by atoms with Gasteiger partial charge < -0.3 is 4.79 Å². The first-order chi connectivity index (χ1) is 6.35. The van der Waals surface area contributed by atoms with Crippen LogP contribution in [-0.4, -0.2) is 5.78 Å². The molecule has 0 saturated heterocycles. The molecule has 1 nitrogen and oxygen atoms in total. The lowest BCUT2D eigenvalue weighted by atomic mass is 9.94. The van der Waals surface area contributed by atoms with Crippen LogP contribution < -0.4 is 0 Å². The van der Waals surface area contributed by atoms with Crippen molar-refractivity contribution in [3.05, 3.63) is 30.0 Å². The minimum atomic E-state index is 0.165. The van der Waals surface area contributed by atoms with Crippen molar-refractivity contribution >= 4 is 5.78 Å². The lowest BCUT2D eigenvalue weighted by Gasteiger charge is -2.11. The van der Waals surface area contributed by atoms with Crippen molar-refractivity contribution < 1.29 is 4.79 Å². The van der Waals surface area contributed by atoms with Crippen LogP contribution in [0.15, 0.2) is 30.0 Å². The summed E-state index contributed by atoms with van der Waals surface area (Å²) in [5.74, 6) is 0.210. The Labute approximate surface area is 87.2 Å². The molecule has 0 bridgehead atoms. The maximum atomic E-state index is 10.8. The second-order valence-electron chi connectivity index (χ2n) is 4.60. The lowest BCUT2D eigenvalue weighted by Crippen LogP contribution is -1.99. The Hall–Kier alpha value is -1.07. The van der Waals surface area contributed by atoms with Crippen molar-refractivity contribution in [3.63, 3.8) is 0 Å². The van der Waals surface area contributed by atoms with E-state index in [2.05, 4.69) is 39.2 Å². The normalized spacial score (nSPS) is 11.4. The molecular weight excluding hydrogens is 172 g/mol. The Bertz CT molecular complexity index is 270. The summed E-state index contributed by atoms with van der Waals surface area (Å²) in [7, 11) is 0. The van der Waals surface area contributed by atoms with Gasteiger partial charge in [-0.25, -0.2) is 0 Å². The van der Waals surface area contributed by atoms with Crippen LogP contribution in [0.2, 0.25) is 0 Å². The number of hydrogen-bond donors (Lipinski definition) is 0. The predicted molar refractivity (Wildman–Crippen MR) is 61.2 cm³/mol. The Kier molecular flexibility index (Phi) is 5.19. The molecule has 0 radical (unpaired) electrons. The molecule has 78 valence electrons. The molecule has 0 aliphatic heterocycles. The molecule has 0 atom stereocenters. The van der Waals surface area contributed by atoms with Crippen molar-refractivity contribution in [2.45, 2.75) is 40.5 Å². The van der Waals surface area contributed by atoms with Crippen LogP contribution in [0, 0.1) is 5.41 Å². The van der Waals surface area contributed by atoms with E-state index in [1.165, 1.54) is 0 Å². The van der Waals surface area contributed by atoms with Crippen LogP contribution in [0.25, 0.3) is 0 Å². The summed E-state index contributed by atoms with van der Waals surface area (Å²) in [5, 5.41) is 0. The zero-order valence-corrected chi connectivity index (χ0v) is 9.68. The van der Waals surface area contributed by atoms with Gasteiger partial charge in [0.25, 0.3) is 0 Å². The van der Waals surface area contributed by atoms with E-state index < -0.39 is 0 Å². The number of allylic oxidation sites excluding steroid dienone is 3. The van der Waals surface area contributed by atoms with E-state index in [1.54, 1.807) is 6.92 Å². The van der Waals surface area contributed by atoms with Gasteiger partial charge in [0.05, 0.1) is 0 Å². The van der Waals surface area contributed by atoms with E-state index in [-0.39, 0.29) is 11.2 Å². The molecular formula is C13H20O. The average Bonchev–Trinajstić information content (AvgIpc) is 2.02. The van der Waals surface area contributed by atoms with Crippen LogP contribution in [-0.2, 0) is 4.79 Å². The third-order valence-corrected chi connectivity index (χ3v) is 1.76. The largest absolute Gasteiger partial charge is 0.300 e.